The van der Waals surface area contributed by atoms with Crippen molar-refractivity contribution < 1.29 is 0 Å². The van der Waals surface area contributed by atoms with E-state index in [4.69, 9.17) is 5.73 Å². The molecule has 0 fully saturated rings. The second-order valence-corrected chi connectivity index (χ2v) is 7.38. The molecule has 3 rings (SSSR count). The van der Waals surface area contributed by atoms with Crippen molar-refractivity contribution in [2.75, 3.05) is 29.0 Å². The Labute approximate surface area is 171 Å². The molecular formula is C22H30N6O. The van der Waals surface area contributed by atoms with E-state index in [9.17, 15) is 4.79 Å². The Morgan fingerprint density at radius 2 is 1.79 bits per heavy atom. The average molecular weight is 395 g/mol. The summed E-state index contributed by atoms with van der Waals surface area (Å²) < 4.78 is 1.62. The third-order valence-corrected chi connectivity index (χ3v) is 5.04. The van der Waals surface area contributed by atoms with Gasteiger partial charge in [0.15, 0.2) is 0 Å². The van der Waals surface area contributed by atoms with E-state index in [2.05, 4.69) is 34.0 Å². The van der Waals surface area contributed by atoms with Gasteiger partial charge in [-0.15, -0.1) is 0 Å². The maximum Gasteiger partial charge on any atom is 0.252 e. The molecule has 1 atom stereocenters. The number of hydrogen-bond acceptors (Lipinski definition) is 6. The van der Waals surface area contributed by atoms with Gasteiger partial charge >= 0.3 is 0 Å². The van der Waals surface area contributed by atoms with Gasteiger partial charge in [-0.05, 0) is 38.0 Å². The fraction of sp³-hybridized carbons (Fsp3) is 0.409. The lowest BCUT2D eigenvalue weighted by molar-refractivity contribution is 0.731. The Morgan fingerprint density at radius 1 is 1.14 bits per heavy atom. The van der Waals surface area contributed by atoms with Crippen LogP contribution in [-0.4, -0.2) is 27.6 Å². The SMILES string of the molecule is CCCN(CCC)c1cnc(C(C)Nc2cc(=O)n(C)c3ccc(N)cc23)nc1. The second-order valence-electron chi connectivity index (χ2n) is 7.38. The molecule has 0 spiro atoms. The third kappa shape index (κ3) is 4.50. The highest BCUT2D eigenvalue weighted by Crippen LogP contribution is 2.26. The smallest absolute Gasteiger partial charge is 0.252 e. The van der Waals surface area contributed by atoms with Crippen LogP contribution in [-0.2, 0) is 7.05 Å². The normalized spacial score (nSPS) is 12.1. The van der Waals surface area contributed by atoms with Crippen molar-refractivity contribution in [1.82, 2.24) is 14.5 Å². The van der Waals surface area contributed by atoms with Crippen molar-refractivity contribution in [2.45, 2.75) is 39.7 Å². The van der Waals surface area contributed by atoms with E-state index >= 15 is 0 Å². The fourth-order valence-corrected chi connectivity index (χ4v) is 3.52. The minimum Gasteiger partial charge on any atom is -0.399 e. The predicted molar refractivity (Wildman–Crippen MR) is 120 cm³/mol. The van der Waals surface area contributed by atoms with E-state index in [0.29, 0.717) is 11.5 Å². The first kappa shape index (κ1) is 20.6. The van der Waals surface area contributed by atoms with Crippen LogP contribution in [0.2, 0.25) is 0 Å². The molecule has 3 N–H and O–H groups in total. The molecule has 0 amide bonds. The van der Waals surface area contributed by atoms with Gasteiger partial charge in [-0.25, -0.2) is 9.97 Å². The number of benzene rings is 1. The van der Waals surface area contributed by atoms with Crippen LogP contribution in [0.4, 0.5) is 17.1 Å². The Bertz CT molecular complexity index is 1020. The molecule has 2 heterocycles. The van der Waals surface area contributed by atoms with Crippen LogP contribution in [0.3, 0.4) is 0 Å². The summed E-state index contributed by atoms with van der Waals surface area (Å²) >= 11 is 0. The number of nitrogens with one attached hydrogen (secondary N) is 1. The number of hydrogen-bond donors (Lipinski definition) is 2. The molecule has 0 saturated carbocycles. The number of fused-ring (bicyclic) bond motifs is 1. The minimum absolute atomic E-state index is 0.0805. The molecule has 1 unspecified atom stereocenters. The number of aryl methyl sites for hydroxylation is 1. The lowest BCUT2D eigenvalue weighted by Gasteiger charge is -2.23. The molecule has 3 aromatic rings. The average Bonchev–Trinajstić information content (AvgIpc) is 2.71. The maximum atomic E-state index is 12.4. The number of aromatic nitrogens is 3. The number of anilines is 3. The summed E-state index contributed by atoms with van der Waals surface area (Å²) in [6.45, 7) is 8.31. The van der Waals surface area contributed by atoms with Gasteiger partial charge in [0.05, 0.1) is 29.6 Å². The molecular weight excluding hydrogens is 364 g/mol. The lowest BCUT2D eigenvalue weighted by atomic mass is 10.1. The summed E-state index contributed by atoms with van der Waals surface area (Å²) in [5.41, 5.74) is 9.14. The first-order valence-corrected chi connectivity index (χ1v) is 10.2. The van der Waals surface area contributed by atoms with Crippen molar-refractivity contribution in [2.24, 2.45) is 7.05 Å². The van der Waals surface area contributed by atoms with Crippen molar-refractivity contribution in [3.63, 3.8) is 0 Å². The first-order chi connectivity index (χ1) is 13.9. The zero-order chi connectivity index (χ0) is 21.0. The molecule has 2 aromatic heterocycles. The highest BCUT2D eigenvalue weighted by molar-refractivity contribution is 5.93. The van der Waals surface area contributed by atoms with E-state index in [1.165, 1.54) is 0 Å². The lowest BCUT2D eigenvalue weighted by Crippen LogP contribution is -2.25. The Morgan fingerprint density at radius 3 is 2.41 bits per heavy atom. The summed E-state index contributed by atoms with van der Waals surface area (Å²) in [4.78, 5) is 23.8. The van der Waals surface area contributed by atoms with Gasteiger partial charge in [-0.3, -0.25) is 4.79 Å². The van der Waals surface area contributed by atoms with Crippen LogP contribution in [0.1, 0.15) is 45.5 Å². The number of nitrogens with two attached hydrogens (primary N) is 1. The predicted octanol–water partition coefficient (Wildman–Crippen LogP) is 3.71. The van der Waals surface area contributed by atoms with Gasteiger partial charge in [-0.2, -0.15) is 0 Å². The van der Waals surface area contributed by atoms with Gasteiger partial charge < -0.3 is 20.5 Å². The van der Waals surface area contributed by atoms with Crippen molar-refractivity contribution in [3.8, 4) is 0 Å². The second kappa shape index (κ2) is 8.94. The van der Waals surface area contributed by atoms with Crippen LogP contribution in [0.25, 0.3) is 10.9 Å². The molecule has 0 aliphatic carbocycles. The third-order valence-electron chi connectivity index (χ3n) is 5.04. The topological polar surface area (TPSA) is 89.1 Å². The number of rotatable bonds is 8. The van der Waals surface area contributed by atoms with Crippen molar-refractivity contribution in [1.29, 1.82) is 0 Å². The van der Waals surface area contributed by atoms with Crippen LogP contribution in [0, 0.1) is 0 Å². The van der Waals surface area contributed by atoms with E-state index in [-0.39, 0.29) is 11.6 Å². The summed E-state index contributed by atoms with van der Waals surface area (Å²) in [5.74, 6) is 0.680. The monoisotopic (exact) mass is 394 g/mol. The van der Waals surface area contributed by atoms with E-state index in [1.54, 1.807) is 23.7 Å². The molecule has 0 radical (unpaired) electrons. The molecule has 0 bridgehead atoms. The van der Waals surface area contributed by atoms with E-state index in [1.807, 2.05) is 31.5 Å². The summed E-state index contributed by atoms with van der Waals surface area (Å²) in [5, 5.41) is 4.28. The Kier molecular flexibility index (Phi) is 6.36. The maximum absolute atomic E-state index is 12.4. The summed E-state index contributed by atoms with van der Waals surface area (Å²) in [6.07, 6.45) is 5.93. The van der Waals surface area contributed by atoms with Crippen molar-refractivity contribution in [3.05, 3.63) is 52.8 Å². The van der Waals surface area contributed by atoms with Crippen molar-refractivity contribution >= 4 is 28.0 Å². The van der Waals surface area contributed by atoms with Gasteiger partial charge in [0.2, 0.25) is 0 Å². The minimum atomic E-state index is -0.161. The molecule has 7 heteroatoms. The van der Waals surface area contributed by atoms with E-state index in [0.717, 1.165) is 48.2 Å². The zero-order valence-corrected chi connectivity index (χ0v) is 17.6. The standard InChI is InChI=1S/C22H30N6O/c1-5-9-28(10-6-2)17-13-24-22(25-14-17)15(3)26-19-12-21(29)27(4)20-8-7-16(23)11-18(19)20/h7-8,11-15,26H,5-6,9-10,23H2,1-4H3. The molecule has 1 aromatic carbocycles. The van der Waals surface area contributed by atoms with Gasteiger partial charge in [0.1, 0.15) is 5.82 Å². The van der Waals surface area contributed by atoms with Crippen LogP contribution in [0.15, 0.2) is 41.5 Å². The molecule has 0 aliphatic rings. The number of nitrogens with zero attached hydrogens (tertiary/aromatic N) is 4. The van der Waals surface area contributed by atoms with Crippen LogP contribution < -0.4 is 21.5 Å². The molecule has 0 aliphatic heterocycles. The summed E-state index contributed by atoms with van der Waals surface area (Å²) in [7, 11) is 1.76. The van der Waals surface area contributed by atoms with Crippen LogP contribution >= 0.6 is 0 Å². The quantitative estimate of drug-likeness (QED) is 0.566. The van der Waals surface area contributed by atoms with Gasteiger partial charge in [-0.1, -0.05) is 13.8 Å². The molecule has 29 heavy (non-hydrogen) atoms. The van der Waals surface area contributed by atoms with Gasteiger partial charge in [0.25, 0.3) is 5.56 Å². The van der Waals surface area contributed by atoms with Crippen LogP contribution in [0.5, 0.6) is 0 Å². The highest BCUT2D eigenvalue weighted by Gasteiger charge is 2.14. The Balaban J connectivity index is 1.87. The first-order valence-electron chi connectivity index (χ1n) is 10.2. The largest absolute Gasteiger partial charge is 0.399 e. The molecule has 154 valence electrons. The Hall–Kier alpha value is -3.09. The van der Waals surface area contributed by atoms with E-state index < -0.39 is 0 Å². The van der Waals surface area contributed by atoms with Gasteiger partial charge in [0, 0.05) is 43.0 Å². The number of nitrogen functional groups attached to an aromatic ring is 1. The highest BCUT2D eigenvalue weighted by atomic mass is 16.1. The zero-order valence-electron chi connectivity index (χ0n) is 17.6. The fourth-order valence-electron chi connectivity index (χ4n) is 3.52. The molecule has 0 saturated heterocycles. The number of pyridine rings is 1. The summed E-state index contributed by atoms with van der Waals surface area (Å²) in [6, 6.07) is 6.97. The molecule has 7 nitrogen and oxygen atoms in total.